The van der Waals surface area contributed by atoms with Crippen molar-refractivity contribution in [1.29, 1.82) is 5.26 Å². The summed E-state index contributed by atoms with van der Waals surface area (Å²) >= 11 is 0. The zero-order valence-electron chi connectivity index (χ0n) is 15.1. The Morgan fingerprint density at radius 1 is 1.22 bits per heavy atom. The maximum absolute atomic E-state index is 12.2. The van der Waals surface area contributed by atoms with Crippen LogP contribution in [0.2, 0.25) is 0 Å². The summed E-state index contributed by atoms with van der Waals surface area (Å²) in [5, 5.41) is 11.8. The van der Waals surface area contributed by atoms with Crippen LogP contribution in [0.4, 0.5) is 0 Å². The van der Waals surface area contributed by atoms with Gasteiger partial charge < -0.3 is 9.73 Å². The lowest BCUT2D eigenvalue weighted by Gasteiger charge is -2.06. The molecule has 2 N–H and O–H groups in total. The first-order valence-electron chi connectivity index (χ1n) is 8.35. The topological polar surface area (TPSA) is 112 Å². The molecule has 0 atom stereocenters. The number of benzene rings is 1. The molecule has 2 aromatic rings. The predicted molar refractivity (Wildman–Crippen MR) is 101 cm³/mol. The molecule has 0 aliphatic heterocycles. The van der Waals surface area contributed by atoms with E-state index in [1.807, 2.05) is 19.9 Å². The minimum atomic E-state index is -3.65. The van der Waals surface area contributed by atoms with Gasteiger partial charge in [-0.1, -0.05) is 32.0 Å². The van der Waals surface area contributed by atoms with Crippen LogP contribution in [0.1, 0.15) is 25.4 Å². The molecule has 1 heterocycles. The van der Waals surface area contributed by atoms with E-state index in [1.54, 1.807) is 30.3 Å². The second-order valence-electron chi connectivity index (χ2n) is 6.22. The summed E-state index contributed by atoms with van der Waals surface area (Å²) < 4.78 is 32.3. The summed E-state index contributed by atoms with van der Waals surface area (Å²) in [5.41, 5.74) is -0.0820. The quantitative estimate of drug-likeness (QED) is 0.534. The molecule has 27 heavy (non-hydrogen) atoms. The van der Waals surface area contributed by atoms with Gasteiger partial charge in [-0.05, 0) is 30.2 Å². The van der Waals surface area contributed by atoms with Crippen molar-refractivity contribution < 1.29 is 17.6 Å². The van der Waals surface area contributed by atoms with Crippen molar-refractivity contribution in [1.82, 2.24) is 10.0 Å². The number of hydrogen-bond donors (Lipinski definition) is 2. The molecule has 0 radical (unpaired) electrons. The third kappa shape index (κ3) is 6.09. The van der Waals surface area contributed by atoms with Gasteiger partial charge in [-0.15, -0.1) is 0 Å². The van der Waals surface area contributed by atoms with Gasteiger partial charge in [0.05, 0.1) is 11.4 Å². The third-order valence-corrected chi connectivity index (χ3v) is 4.91. The van der Waals surface area contributed by atoms with E-state index in [4.69, 9.17) is 9.68 Å². The number of nitrogens with zero attached hydrogens (tertiary/aromatic N) is 1. The zero-order valence-corrected chi connectivity index (χ0v) is 15.9. The smallest absolute Gasteiger partial charge is 0.262 e. The molecule has 0 saturated heterocycles. The molecule has 0 fully saturated rings. The number of nitriles is 1. The van der Waals surface area contributed by atoms with E-state index < -0.39 is 15.9 Å². The number of rotatable bonds is 8. The lowest BCUT2D eigenvalue weighted by atomic mass is 10.2. The minimum Gasteiger partial charge on any atom is -0.460 e. The number of furan rings is 1. The Balaban J connectivity index is 2.03. The molecule has 1 aromatic heterocycles. The van der Waals surface area contributed by atoms with Crippen LogP contribution in [0.3, 0.4) is 0 Å². The first-order valence-corrected chi connectivity index (χ1v) is 9.83. The van der Waals surface area contributed by atoms with Crippen LogP contribution in [0.25, 0.3) is 6.08 Å². The van der Waals surface area contributed by atoms with Crippen LogP contribution < -0.4 is 10.0 Å². The van der Waals surface area contributed by atoms with Crippen molar-refractivity contribution in [2.24, 2.45) is 5.92 Å². The summed E-state index contributed by atoms with van der Waals surface area (Å²) in [6.07, 6.45) is 1.32. The number of nitrogens with one attached hydrogen (secondary N) is 2. The number of carbonyl (C=O) groups excluding carboxylic acids is 1. The van der Waals surface area contributed by atoms with Crippen molar-refractivity contribution in [3.8, 4) is 6.07 Å². The maximum Gasteiger partial charge on any atom is 0.262 e. The summed E-state index contributed by atoms with van der Waals surface area (Å²) in [4.78, 5) is 12.1. The first-order chi connectivity index (χ1) is 12.8. The molecule has 142 valence electrons. The summed E-state index contributed by atoms with van der Waals surface area (Å²) in [6.45, 7) is 4.31. The van der Waals surface area contributed by atoms with Crippen molar-refractivity contribution in [2.75, 3.05) is 6.54 Å². The minimum absolute atomic E-state index is 0.0491. The van der Waals surface area contributed by atoms with Crippen molar-refractivity contribution >= 4 is 22.0 Å². The Hall–Kier alpha value is -2.89. The number of amides is 1. The van der Waals surface area contributed by atoms with Crippen LogP contribution in [-0.4, -0.2) is 20.9 Å². The molecule has 0 saturated carbocycles. The monoisotopic (exact) mass is 387 g/mol. The molecular weight excluding hydrogens is 366 g/mol. The van der Waals surface area contributed by atoms with Gasteiger partial charge in [0.25, 0.3) is 5.91 Å². The van der Waals surface area contributed by atoms with Gasteiger partial charge >= 0.3 is 0 Å². The van der Waals surface area contributed by atoms with Gasteiger partial charge in [0.15, 0.2) is 0 Å². The number of hydrogen-bond acceptors (Lipinski definition) is 5. The van der Waals surface area contributed by atoms with Gasteiger partial charge in [-0.3, -0.25) is 4.79 Å². The summed E-state index contributed by atoms with van der Waals surface area (Å²) in [6, 6.07) is 13.0. The Labute approximate surface area is 158 Å². The SMILES string of the molecule is CC(C)CNC(=O)/C(C#N)=C\c1ccc(CNS(=O)(=O)c2ccccc2)o1. The second-order valence-corrected chi connectivity index (χ2v) is 7.98. The Morgan fingerprint density at radius 3 is 2.56 bits per heavy atom. The fourth-order valence-corrected chi connectivity index (χ4v) is 3.11. The highest BCUT2D eigenvalue weighted by molar-refractivity contribution is 7.89. The highest BCUT2D eigenvalue weighted by Gasteiger charge is 2.14. The maximum atomic E-state index is 12.2. The van der Waals surface area contributed by atoms with E-state index in [1.165, 1.54) is 18.2 Å². The molecule has 0 spiro atoms. The molecule has 0 bridgehead atoms. The summed E-state index contributed by atoms with van der Waals surface area (Å²) in [7, 11) is -3.65. The van der Waals surface area contributed by atoms with Crippen LogP contribution >= 0.6 is 0 Å². The largest absolute Gasteiger partial charge is 0.460 e. The highest BCUT2D eigenvalue weighted by Crippen LogP contribution is 2.14. The van der Waals surface area contributed by atoms with E-state index in [-0.39, 0.29) is 22.9 Å². The fraction of sp³-hybridized carbons (Fsp3) is 0.263. The van der Waals surface area contributed by atoms with Gasteiger partial charge in [0.1, 0.15) is 23.2 Å². The molecule has 1 aromatic carbocycles. The lowest BCUT2D eigenvalue weighted by molar-refractivity contribution is -0.117. The van der Waals surface area contributed by atoms with E-state index >= 15 is 0 Å². The zero-order chi connectivity index (χ0) is 19.9. The van der Waals surface area contributed by atoms with Crippen molar-refractivity contribution in [3.05, 3.63) is 59.6 Å². The van der Waals surface area contributed by atoms with E-state index in [0.29, 0.717) is 18.1 Å². The van der Waals surface area contributed by atoms with Crippen molar-refractivity contribution in [2.45, 2.75) is 25.3 Å². The van der Waals surface area contributed by atoms with Gasteiger partial charge in [-0.25, -0.2) is 13.1 Å². The number of sulfonamides is 1. The molecule has 8 heteroatoms. The van der Waals surface area contributed by atoms with Crippen LogP contribution in [0.15, 0.2) is 57.4 Å². The molecule has 2 rings (SSSR count). The van der Waals surface area contributed by atoms with Gasteiger partial charge in [-0.2, -0.15) is 5.26 Å². The molecule has 1 amide bonds. The van der Waals surface area contributed by atoms with E-state index in [2.05, 4.69) is 10.0 Å². The van der Waals surface area contributed by atoms with Crippen LogP contribution in [0, 0.1) is 17.2 Å². The average Bonchev–Trinajstić information content (AvgIpc) is 3.11. The Bertz CT molecular complexity index is 954. The standard InChI is InChI=1S/C19H21N3O4S/c1-14(2)12-21-19(23)15(11-20)10-16-8-9-17(26-16)13-22-27(24,25)18-6-4-3-5-7-18/h3-10,14,22H,12-13H2,1-2H3,(H,21,23)/b15-10-. The second kappa shape index (κ2) is 9.16. The molecule has 0 aliphatic rings. The van der Waals surface area contributed by atoms with E-state index in [9.17, 15) is 13.2 Å². The normalized spacial score (nSPS) is 12.0. The predicted octanol–water partition coefficient (Wildman–Crippen LogP) is 2.44. The third-order valence-electron chi connectivity index (χ3n) is 3.49. The molecular formula is C19H21N3O4S. The molecule has 0 aliphatic carbocycles. The first kappa shape index (κ1) is 20.4. The Morgan fingerprint density at radius 2 is 1.93 bits per heavy atom. The lowest BCUT2D eigenvalue weighted by Crippen LogP contribution is -2.28. The molecule has 0 unspecified atom stereocenters. The fourth-order valence-electron chi connectivity index (χ4n) is 2.10. The van der Waals surface area contributed by atoms with Gasteiger partial charge in [0.2, 0.25) is 10.0 Å². The van der Waals surface area contributed by atoms with E-state index in [0.717, 1.165) is 0 Å². The number of carbonyl (C=O) groups is 1. The Kier molecular flexibility index (Phi) is 6.93. The van der Waals surface area contributed by atoms with Crippen LogP contribution in [-0.2, 0) is 21.4 Å². The van der Waals surface area contributed by atoms with Crippen LogP contribution in [0.5, 0.6) is 0 Å². The van der Waals surface area contributed by atoms with Gasteiger partial charge in [0, 0.05) is 12.6 Å². The summed E-state index contributed by atoms with van der Waals surface area (Å²) in [5.74, 6) is 0.441. The average molecular weight is 387 g/mol. The highest BCUT2D eigenvalue weighted by atomic mass is 32.2. The van der Waals surface area contributed by atoms with Crippen molar-refractivity contribution in [3.63, 3.8) is 0 Å². The molecule has 7 nitrogen and oxygen atoms in total.